The summed E-state index contributed by atoms with van der Waals surface area (Å²) in [5.74, 6) is 0.554. The van der Waals surface area contributed by atoms with Gasteiger partial charge in [0.25, 0.3) is 0 Å². The lowest BCUT2D eigenvalue weighted by molar-refractivity contribution is -0.136. The number of carbonyl (C=O) groups excluding carboxylic acids is 2. The van der Waals surface area contributed by atoms with E-state index in [1.165, 1.54) is 21.3 Å². The van der Waals surface area contributed by atoms with Crippen molar-refractivity contribution in [1.29, 1.82) is 0 Å². The Hall–Kier alpha value is -2.48. The molecule has 0 saturated carbocycles. The number of morpholine rings is 1. The van der Waals surface area contributed by atoms with Crippen molar-refractivity contribution in [2.24, 2.45) is 0 Å². The van der Waals surface area contributed by atoms with Crippen molar-refractivity contribution in [3.05, 3.63) is 12.1 Å². The molecule has 0 bridgehead atoms. The Bertz CT molecular complexity index is 549. The lowest BCUT2D eigenvalue weighted by Gasteiger charge is -2.23. The maximum atomic E-state index is 12.1. The number of nitrogens with one attached hydrogen (secondary N) is 2. The van der Waals surface area contributed by atoms with E-state index in [-0.39, 0.29) is 25.0 Å². The first kappa shape index (κ1) is 15.9. The number of methoxy groups -OCH3 is 3. The SMILES string of the molecule is COc1cc(NC(=O)C2COCC(=O)N2)cc(OC)c1OC. The first-order valence-corrected chi connectivity index (χ1v) is 6.57. The molecule has 2 rings (SSSR count). The average Bonchev–Trinajstić information content (AvgIpc) is 2.53. The molecule has 0 aliphatic carbocycles. The Labute approximate surface area is 127 Å². The van der Waals surface area contributed by atoms with Gasteiger partial charge >= 0.3 is 0 Å². The molecule has 1 aromatic carbocycles. The highest BCUT2D eigenvalue weighted by Gasteiger charge is 2.26. The summed E-state index contributed by atoms with van der Waals surface area (Å²) in [5, 5.41) is 5.24. The summed E-state index contributed by atoms with van der Waals surface area (Å²) in [6.45, 7) is 0.0932. The highest BCUT2D eigenvalue weighted by atomic mass is 16.5. The Kier molecular flexibility index (Phi) is 5.05. The van der Waals surface area contributed by atoms with Crippen LogP contribution < -0.4 is 24.8 Å². The number of benzene rings is 1. The van der Waals surface area contributed by atoms with Crippen LogP contribution in [0.15, 0.2) is 12.1 Å². The van der Waals surface area contributed by atoms with Crippen molar-refractivity contribution in [1.82, 2.24) is 5.32 Å². The number of rotatable bonds is 5. The van der Waals surface area contributed by atoms with Crippen LogP contribution in [0.2, 0.25) is 0 Å². The first-order valence-electron chi connectivity index (χ1n) is 6.57. The van der Waals surface area contributed by atoms with Crippen molar-refractivity contribution >= 4 is 17.5 Å². The number of amides is 2. The van der Waals surface area contributed by atoms with Gasteiger partial charge < -0.3 is 29.6 Å². The zero-order chi connectivity index (χ0) is 16.1. The maximum absolute atomic E-state index is 12.1. The van der Waals surface area contributed by atoms with Gasteiger partial charge in [-0.25, -0.2) is 0 Å². The minimum Gasteiger partial charge on any atom is -0.493 e. The Morgan fingerprint density at radius 2 is 1.86 bits per heavy atom. The normalized spacial score (nSPS) is 17.4. The van der Waals surface area contributed by atoms with Gasteiger partial charge in [0.05, 0.1) is 27.9 Å². The van der Waals surface area contributed by atoms with Crippen LogP contribution in [-0.4, -0.2) is 52.4 Å². The Morgan fingerprint density at radius 3 is 2.36 bits per heavy atom. The second-order valence-electron chi connectivity index (χ2n) is 4.54. The topological polar surface area (TPSA) is 95.1 Å². The third kappa shape index (κ3) is 3.40. The van der Waals surface area contributed by atoms with Crippen molar-refractivity contribution < 1.29 is 28.5 Å². The highest BCUT2D eigenvalue weighted by Crippen LogP contribution is 2.39. The monoisotopic (exact) mass is 310 g/mol. The second kappa shape index (κ2) is 6.99. The Balaban J connectivity index is 2.18. The van der Waals surface area contributed by atoms with Crippen LogP contribution in [0.25, 0.3) is 0 Å². The standard InChI is InChI=1S/C14H18N2O6/c1-19-10-4-8(5-11(20-2)13(10)21-3)15-14(18)9-6-22-7-12(17)16-9/h4-5,9H,6-7H2,1-3H3,(H,15,18)(H,16,17). The molecule has 1 aromatic rings. The van der Waals surface area contributed by atoms with Gasteiger partial charge in [0.15, 0.2) is 11.5 Å². The van der Waals surface area contributed by atoms with Gasteiger partial charge in [0, 0.05) is 17.8 Å². The molecule has 8 heteroatoms. The van der Waals surface area contributed by atoms with Crippen molar-refractivity contribution in [2.75, 3.05) is 39.9 Å². The van der Waals surface area contributed by atoms with Crippen LogP contribution in [0.1, 0.15) is 0 Å². The molecule has 8 nitrogen and oxygen atoms in total. The van der Waals surface area contributed by atoms with E-state index in [4.69, 9.17) is 18.9 Å². The summed E-state index contributed by atoms with van der Waals surface area (Å²) in [6.07, 6.45) is 0. The van der Waals surface area contributed by atoms with Crippen LogP contribution in [-0.2, 0) is 14.3 Å². The summed E-state index contributed by atoms with van der Waals surface area (Å²) in [5.41, 5.74) is 0.458. The fourth-order valence-corrected chi connectivity index (χ4v) is 2.07. The van der Waals surface area contributed by atoms with Gasteiger partial charge in [-0.15, -0.1) is 0 Å². The molecule has 0 spiro atoms. The smallest absolute Gasteiger partial charge is 0.249 e. The average molecular weight is 310 g/mol. The van der Waals surface area contributed by atoms with E-state index in [0.717, 1.165) is 0 Å². The molecule has 2 amide bonds. The van der Waals surface area contributed by atoms with Crippen LogP contribution in [0.4, 0.5) is 5.69 Å². The molecule has 1 atom stereocenters. The molecular formula is C14H18N2O6. The molecule has 0 radical (unpaired) electrons. The second-order valence-corrected chi connectivity index (χ2v) is 4.54. The number of anilines is 1. The van der Waals surface area contributed by atoms with Crippen molar-refractivity contribution in [3.8, 4) is 17.2 Å². The van der Waals surface area contributed by atoms with Gasteiger partial charge in [-0.2, -0.15) is 0 Å². The molecule has 1 aliphatic rings. The highest BCUT2D eigenvalue weighted by molar-refractivity contribution is 5.98. The summed E-state index contributed by atoms with van der Waals surface area (Å²) < 4.78 is 20.7. The maximum Gasteiger partial charge on any atom is 0.249 e. The van der Waals surface area contributed by atoms with Crippen LogP contribution >= 0.6 is 0 Å². The van der Waals surface area contributed by atoms with E-state index in [2.05, 4.69) is 10.6 Å². The third-order valence-corrected chi connectivity index (χ3v) is 3.10. The quantitative estimate of drug-likeness (QED) is 0.805. The third-order valence-electron chi connectivity index (χ3n) is 3.10. The number of hydrogen-bond acceptors (Lipinski definition) is 6. The van der Waals surface area contributed by atoms with Crippen molar-refractivity contribution in [3.63, 3.8) is 0 Å². The first-order chi connectivity index (χ1) is 10.6. The minimum atomic E-state index is -0.736. The molecule has 1 unspecified atom stereocenters. The zero-order valence-corrected chi connectivity index (χ0v) is 12.6. The lowest BCUT2D eigenvalue weighted by atomic mass is 10.2. The number of carbonyl (C=O) groups is 2. The molecule has 1 heterocycles. The molecule has 120 valence electrons. The summed E-state index contributed by atoms with van der Waals surface area (Å²) >= 11 is 0. The molecule has 1 saturated heterocycles. The van der Waals surface area contributed by atoms with Crippen LogP contribution in [0, 0.1) is 0 Å². The summed E-state index contributed by atoms with van der Waals surface area (Å²) in [6, 6.07) is 2.47. The molecule has 2 N–H and O–H groups in total. The van der Waals surface area contributed by atoms with Gasteiger partial charge in [0.2, 0.25) is 17.6 Å². The van der Waals surface area contributed by atoms with E-state index in [9.17, 15) is 9.59 Å². The van der Waals surface area contributed by atoms with Gasteiger partial charge in [-0.05, 0) is 0 Å². The predicted molar refractivity (Wildman–Crippen MR) is 77.5 cm³/mol. The minimum absolute atomic E-state index is 0.0338. The van der Waals surface area contributed by atoms with Gasteiger partial charge in [-0.1, -0.05) is 0 Å². The zero-order valence-electron chi connectivity index (χ0n) is 12.6. The van der Waals surface area contributed by atoms with E-state index in [1.54, 1.807) is 12.1 Å². The largest absolute Gasteiger partial charge is 0.493 e. The summed E-state index contributed by atoms with van der Waals surface area (Å²) in [7, 11) is 4.46. The lowest BCUT2D eigenvalue weighted by Crippen LogP contribution is -2.51. The Morgan fingerprint density at radius 1 is 1.23 bits per heavy atom. The molecular weight excluding hydrogens is 292 g/mol. The predicted octanol–water partition coefficient (Wildman–Crippen LogP) is 0.166. The van der Waals surface area contributed by atoms with Gasteiger partial charge in [-0.3, -0.25) is 9.59 Å². The number of ether oxygens (including phenoxy) is 4. The van der Waals surface area contributed by atoms with Crippen LogP contribution in [0.3, 0.4) is 0 Å². The van der Waals surface area contributed by atoms with E-state index < -0.39 is 6.04 Å². The van der Waals surface area contributed by atoms with E-state index in [0.29, 0.717) is 22.9 Å². The van der Waals surface area contributed by atoms with Gasteiger partial charge in [0.1, 0.15) is 12.6 Å². The fourth-order valence-electron chi connectivity index (χ4n) is 2.07. The molecule has 1 aliphatic heterocycles. The molecule has 22 heavy (non-hydrogen) atoms. The molecule has 1 fully saturated rings. The van der Waals surface area contributed by atoms with E-state index >= 15 is 0 Å². The summed E-state index contributed by atoms with van der Waals surface area (Å²) in [4.78, 5) is 23.4. The molecule has 0 aromatic heterocycles. The van der Waals surface area contributed by atoms with Crippen LogP contribution in [0.5, 0.6) is 17.2 Å². The fraction of sp³-hybridized carbons (Fsp3) is 0.429. The number of hydrogen-bond donors (Lipinski definition) is 2. The van der Waals surface area contributed by atoms with E-state index in [1.807, 2.05) is 0 Å². The van der Waals surface area contributed by atoms with Crippen molar-refractivity contribution in [2.45, 2.75) is 6.04 Å².